The van der Waals surface area contributed by atoms with Crippen molar-refractivity contribution in [3.8, 4) is 22.5 Å². The minimum atomic E-state index is -0.0276. The number of benzene rings is 1. The maximum absolute atomic E-state index is 12.6. The Morgan fingerprint density at radius 2 is 1.90 bits per heavy atom. The second-order valence-electron chi connectivity index (χ2n) is 7.59. The highest BCUT2D eigenvalue weighted by Gasteiger charge is 2.21. The SMILES string of the molecule is Cc1onc(-c2ccccc2)c1-c1cn2cc(C(=O)NC3CCCC3)ccc2n1. The number of hydrogen-bond acceptors (Lipinski definition) is 4. The molecular weight excluding hydrogens is 364 g/mol. The first-order valence-corrected chi connectivity index (χ1v) is 10.0. The first-order valence-electron chi connectivity index (χ1n) is 10.0. The molecule has 1 amide bonds. The molecule has 0 saturated heterocycles. The fourth-order valence-electron chi connectivity index (χ4n) is 4.05. The number of nitrogens with zero attached hydrogens (tertiary/aromatic N) is 3. The van der Waals surface area contributed by atoms with E-state index in [-0.39, 0.29) is 5.91 Å². The molecule has 0 unspecified atom stereocenters. The number of rotatable bonds is 4. The molecule has 0 aliphatic heterocycles. The summed E-state index contributed by atoms with van der Waals surface area (Å²) in [6.45, 7) is 1.89. The van der Waals surface area contributed by atoms with E-state index in [0.717, 1.165) is 41.0 Å². The largest absolute Gasteiger partial charge is 0.360 e. The van der Waals surface area contributed by atoms with Crippen LogP contribution >= 0.6 is 0 Å². The van der Waals surface area contributed by atoms with Gasteiger partial charge in [-0.25, -0.2) is 4.98 Å². The summed E-state index contributed by atoms with van der Waals surface area (Å²) < 4.78 is 7.36. The molecule has 1 fully saturated rings. The van der Waals surface area contributed by atoms with Gasteiger partial charge in [0, 0.05) is 24.0 Å². The van der Waals surface area contributed by atoms with E-state index in [1.54, 1.807) is 0 Å². The highest BCUT2D eigenvalue weighted by molar-refractivity contribution is 5.94. The van der Waals surface area contributed by atoms with Gasteiger partial charge in [-0.2, -0.15) is 0 Å². The Kier molecular flexibility index (Phi) is 4.39. The number of imidazole rings is 1. The molecule has 5 rings (SSSR count). The van der Waals surface area contributed by atoms with Crippen molar-refractivity contribution in [3.63, 3.8) is 0 Å². The van der Waals surface area contributed by atoms with Crippen LogP contribution in [0.1, 0.15) is 41.8 Å². The normalized spacial score (nSPS) is 14.5. The third kappa shape index (κ3) is 3.31. The van der Waals surface area contributed by atoms with Crippen LogP contribution in [0.4, 0.5) is 0 Å². The van der Waals surface area contributed by atoms with E-state index in [4.69, 9.17) is 9.51 Å². The fraction of sp³-hybridized carbons (Fsp3) is 0.261. The Bertz CT molecular complexity index is 1170. The molecule has 4 aromatic rings. The van der Waals surface area contributed by atoms with Crippen molar-refractivity contribution in [3.05, 3.63) is 66.2 Å². The van der Waals surface area contributed by atoms with Crippen LogP contribution in [0.3, 0.4) is 0 Å². The van der Waals surface area contributed by atoms with Crippen molar-refractivity contribution in [2.45, 2.75) is 38.6 Å². The lowest BCUT2D eigenvalue weighted by Crippen LogP contribution is -2.32. The quantitative estimate of drug-likeness (QED) is 0.555. The molecule has 29 heavy (non-hydrogen) atoms. The Hall–Kier alpha value is -3.41. The average molecular weight is 386 g/mol. The standard InChI is InChI=1S/C23H22N4O2/c1-15-21(22(26-29-15)16-7-3-2-4-8-16)19-14-27-13-17(11-12-20(27)25-19)23(28)24-18-9-5-6-10-18/h2-4,7-8,11-14,18H,5-6,9-10H2,1H3,(H,24,28). The lowest BCUT2D eigenvalue weighted by molar-refractivity contribution is 0.0937. The van der Waals surface area contributed by atoms with E-state index in [2.05, 4.69) is 10.5 Å². The fourth-order valence-corrected chi connectivity index (χ4v) is 4.05. The minimum Gasteiger partial charge on any atom is -0.360 e. The molecule has 0 radical (unpaired) electrons. The number of hydrogen-bond donors (Lipinski definition) is 1. The monoisotopic (exact) mass is 386 g/mol. The van der Waals surface area contributed by atoms with Crippen molar-refractivity contribution in [1.82, 2.24) is 19.9 Å². The summed E-state index contributed by atoms with van der Waals surface area (Å²) in [7, 11) is 0. The summed E-state index contributed by atoms with van der Waals surface area (Å²) in [4.78, 5) is 17.3. The van der Waals surface area contributed by atoms with Gasteiger partial charge in [0.2, 0.25) is 0 Å². The molecule has 0 bridgehead atoms. The first kappa shape index (κ1) is 17.7. The van der Waals surface area contributed by atoms with Crippen LogP contribution in [-0.2, 0) is 0 Å². The molecule has 1 aliphatic carbocycles. The van der Waals surface area contributed by atoms with E-state index in [0.29, 0.717) is 17.4 Å². The first-order chi connectivity index (χ1) is 14.2. The molecule has 1 aliphatic rings. The molecule has 1 saturated carbocycles. The summed E-state index contributed by atoms with van der Waals surface area (Å²) in [5.41, 5.74) is 4.81. The van der Waals surface area contributed by atoms with Gasteiger partial charge in [0.15, 0.2) is 0 Å². The third-order valence-electron chi connectivity index (χ3n) is 5.57. The molecule has 1 aromatic carbocycles. The van der Waals surface area contributed by atoms with Gasteiger partial charge in [0.05, 0.1) is 16.8 Å². The van der Waals surface area contributed by atoms with Crippen LogP contribution < -0.4 is 5.32 Å². The van der Waals surface area contributed by atoms with E-state index in [1.165, 1.54) is 12.8 Å². The highest BCUT2D eigenvalue weighted by Crippen LogP contribution is 2.33. The number of nitrogens with one attached hydrogen (secondary N) is 1. The van der Waals surface area contributed by atoms with E-state index < -0.39 is 0 Å². The number of pyridine rings is 1. The molecule has 6 heteroatoms. The predicted molar refractivity (Wildman–Crippen MR) is 111 cm³/mol. The smallest absolute Gasteiger partial charge is 0.252 e. The Balaban J connectivity index is 1.50. The predicted octanol–water partition coefficient (Wildman–Crippen LogP) is 4.64. The van der Waals surface area contributed by atoms with Gasteiger partial charge in [-0.1, -0.05) is 48.3 Å². The zero-order chi connectivity index (χ0) is 19.8. The Morgan fingerprint density at radius 3 is 2.69 bits per heavy atom. The number of amides is 1. The molecule has 0 spiro atoms. The average Bonchev–Trinajstić information content (AvgIpc) is 3.47. The van der Waals surface area contributed by atoms with Crippen molar-refractivity contribution >= 4 is 11.6 Å². The minimum absolute atomic E-state index is 0.0276. The summed E-state index contributed by atoms with van der Waals surface area (Å²) in [6, 6.07) is 13.9. The van der Waals surface area contributed by atoms with Crippen LogP contribution in [0.2, 0.25) is 0 Å². The molecule has 6 nitrogen and oxygen atoms in total. The van der Waals surface area contributed by atoms with Gasteiger partial charge in [0.1, 0.15) is 17.1 Å². The summed E-state index contributed by atoms with van der Waals surface area (Å²) in [5, 5.41) is 7.38. The Morgan fingerprint density at radius 1 is 1.10 bits per heavy atom. The van der Waals surface area contributed by atoms with Crippen molar-refractivity contribution in [1.29, 1.82) is 0 Å². The van der Waals surface area contributed by atoms with Crippen LogP contribution in [0.5, 0.6) is 0 Å². The molecular formula is C23H22N4O2. The van der Waals surface area contributed by atoms with Crippen molar-refractivity contribution in [2.75, 3.05) is 0 Å². The molecule has 3 aromatic heterocycles. The van der Waals surface area contributed by atoms with Gasteiger partial charge in [-0.05, 0) is 31.9 Å². The van der Waals surface area contributed by atoms with Crippen LogP contribution in [-0.4, -0.2) is 26.5 Å². The second-order valence-corrected chi connectivity index (χ2v) is 7.59. The van der Waals surface area contributed by atoms with Crippen molar-refractivity contribution in [2.24, 2.45) is 0 Å². The van der Waals surface area contributed by atoms with Gasteiger partial charge >= 0.3 is 0 Å². The van der Waals surface area contributed by atoms with Crippen LogP contribution in [0, 0.1) is 6.92 Å². The number of fused-ring (bicyclic) bond motifs is 1. The number of carbonyl (C=O) groups excluding carboxylic acids is 1. The maximum Gasteiger partial charge on any atom is 0.252 e. The summed E-state index contributed by atoms with van der Waals surface area (Å²) in [5.74, 6) is 0.687. The topological polar surface area (TPSA) is 72.4 Å². The van der Waals surface area contributed by atoms with Gasteiger partial charge in [-0.15, -0.1) is 0 Å². The zero-order valence-corrected chi connectivity index (χ0v) is 16.3. The van der Waals surface area contributed by atoms with E-state index in [1.807, 2.05) is 66.2 Å². The van der Waals surface area contributed by atoms with E-state index >= 15 is 0 Å². The van der Waals surface area contributed by atoms with Crippen molar-refractivity contribution < 1.29 is 9.32 Å². The lowest BCUT2D eigenvalue weighted by atomic mass is 10.0. The molecule has 3 heterocycles. The maximum atomic E-state index is 12.6. The second kappa shape index (κ2) is 7.20. The van der Waals surface area contributed by atoms with E-state index in [9.17, 15) is 4.79 Å². The van der Waals surface area contributed by atoms with Gasteiger partial charge < -0.3 is 14.2 Å². The highest BCUT2D eigenvalue weighted by atomic mass is 16.5. The van der Waals surface area contributed by atoms with Crippen LogP contribution in [0.15, 0.2) is 59.4 Å². The molecule has 1 N–H and O–H groups in total. The summed E-state index contributed by atoms with van der Waals surface area (Å²) in [6.07, 6.45) is 8.28. The lowest BCUT2D eigenvalue weighted by Gasteiger charge is -2.11. The number of carbonyl (C=O) groups is 1. The zero-order valence-electron chi connectivity index (χ0n) is 16.3. The molecule has 146 valence electrons. The third-order valence-corrected chi connectivity index (χ3v) is 5.57. The number of aryl methyl sites for hydroxylation is 1. The summed E-state index contributed by atoms with van der Waals surface area (Å²) >= 11 is 0. The van der Waals surface area contributed by atoms with Gasteiger partial charge in [0.25, 0.3) is 5.91 Å². The van der Waals surface area contributed by atoms with Gasteiger partial charge in [-0.3, -0.25) is 4.79 Å². The Labute approximate surface area is 168 Å². The molecule has 0 atom stereocenters. The number of aromatic nitrogens is 3. The van der Waals surface area contributed by atoms with Crippen LogP contribution in [0.25, 0.3) is 28.2 Å².